The minimum atomic E-state index is -0.321. The summed E-state index contributed by atoms with van der Waals surface area (Å²) in [7, 11) is 0. The lowest BCUT2D eigenvalue weighted by molar-refractivity contribution is 0.102. The van der Waals surface area contributed by atoms with Crippen LogP contribution in [-0.4, -0.2) is 53.2 Å². The number of fused-ring (bicyclic) bond motifs is 2. The van der Waals surface area contributed by atoms with Crippen LogP contribution in [0.15, 0.2) is 79.3 Å². The summed E-state index contributed by atoms with van der Waals surface area (Å²) in [6.07, 6.45) is 7.04. The minimum Gasteiger partial charge on any atom is -0.355 e. The van der Waals surface area contributed by atoms with E-state index in [2.05, 4.69) is 20.2 Å². The average molecular weight is 520 g/mol. The fourth-order valence-electron chi connectivity index (χ4n) is 4.84. The van der Waals surface area contributed by atoms with Gasteiger partial charge < -0.3 is 10.2 Å². The quantitative estimate of drug-likeness (QED) is 0.358. The van der Waals surface area contributed by atoms with Gasteiger partial charge in [-0.05, 0) is 73.5 Å². The number of benzene rings is 1. The summed E-state index contributed by atoms with van der Waals surface area (Å²) in [6.45, 7) is 1.92. The highest BCUT2D eigenvalue weighted by molar-refractivity contribution is 6.03. The number of carbonyl (C=O) groups is 1. The number of halogens is 1. The van der Waals surface area contributed by atoms with Gasteiger partial charge in [-0.15, -0.1) is 5.10 Å². The summed E-state index contributed by atoms with van der Waals surface area (Å²) in [5.41, 5.74) is 4.36. The maximum atomic E-state index is 13.7. The summed E-state index contributed by atoms with van der Waals surface area (Å²) >= 11 is 0. The molecule has 5 aromatic heterocycles. The van der Waals surface area contributed by atoms with Gasteiger partial charge in [0.25, 0.3) is 5.91 Å². The number of rotatable bonds is 5. The Bertz CT molecular complexity index is 1820. The van der Waals surface area contributed by atoms with E-state index in [1.807, 2.05) is 24.3 Å². The van der Waals surface area contributed by atoms with Gasteiger partial charge in [-0.2, -0.15) is 5.10 Å². The molecule has 0 spiro atoms. The highest BCUT2D eigenvalue weighted by Crippen LogP contribution is 2.32. The largest absolute Gasteiger partial charge is 0.355 e. The van der Waals surface area contributed by atoms with Gasteiger partial charge in [-0.1, -0.05) is 0 Å². The van der Waals surface area contributed by atoms with Crippen LogP contribution in [0.2, 0.25) is 0 Å². The van der Waals surface area contributed by atoms with Gasteiger partial charge >= 0.3 is 0 Å². The molecule has 10 nitrogen and oxygen atoms in total. The summed E-state index contributed by atoms with van der Waals surface area (Å²) < 4.78 is 17.1. The number of amides is 1. The molecular formula is C28H22FN9O. The minimum absolute atomic E-state index is 0.292. The lowest BCUT2D eigenvalue weighted by Crippen LogP contribution is -2.20. The SMILES string of the molecule is O=C(Nc1cn2nc(-c3c(-c4ccc(F)cc4)nc4ccc(N5CCCC5)nn34)ccc2n1)c1ccncc1. The summed E-state index contributed by atoms with van der Waals surface area (Å²) in [4.78, 5) is 28.1. The highest BCUT2D eigenvalue weighted by Gasteiger charge is 2.22. The van der Waals surface area contributed by atoms with Crippen molar-refractivity contribution in [1.29, 1.82) is 0 Å². The van der Waals surface area contributed by atoms with Crippen molar-refractivity contribution in [2.75, 3.05) is 23.3 Å². The van der Waals surface area contributed by atoms with Gasteiger partial charge in [0.15, 0.2) is 17.1 Å². The lowest BCUT2D eigenvalue weighted by Gasteiger charge is -2.16. The molecule has 6 heterocycles. The number of imidazole rings is 2. The third-order valence-electron chi connectivity index (χ3n) is 6.76. The molecule has 0 radical (unpaired) electrons. The topological polar surface area (TPSA) is 106 Å². The molecule has 192 valence electrons. The predicted molar refractivity (Wildman–Crippen MR) is 144 cm³/mol. The number of anilines is 2. The lowest BCUT2D eigenvalue weighted by atomic mass is 10.1. The third kappa shape index (κ3) is 4.23. The third-order valence-corrected chi connectivity index (χ3v) is 6.76. The van der Waals surface area contributed by atoms with Crippen LogP contribution in [-0.2, 0) is 0 Å². The van der Waals surface area contributed by atoms with E-state index in [9.17, 15) is 9.18 Å². The fourth-order valence-corrected chi connectivity index (χ4v) is 4.84. The second-order valence-electron chi connectivity index (χ2n) is 9.31. The van der Waals surface area contributed by atoms with Crippen molar-refractivity contribution < 1.29 is 9.18 Å². The Morgan fingerprint density at radius 1 is 0.846 bits per heavy atom. The van der Waals surface area contributed by atoms with Crippen LogP contribution in [0.4, 0.5) is 16.0 Å². The second-order valence-corrected chi connectivity index (χ2v) is 9.31. The Morgan fingerprint density at radius 3 is 2.41 bits per heavy atom. The number of nitrogens with one attached hydrogen (secondary N) is 1. The number of nitrogens with zero attached hydrogens (tertiary/aromatic N) is 8. The second kappa shape index (κ2) is 9.28. The normalized spacial score (nSPS) is 13.4. The Labute approximate surface area is 221 Å². The molecule has 1 aromatic carbocycles. The predicted octanol–water partition coefficient (Wildman–Crippen LogP) is 4.49. The zero-order valence-electron chi connectivity index (χ0n) is 20.7. The number of aromatic nitrogens is 7. The monoisotopic (exact) mass is 519 g/mol. The van der Waals surface area contributed by atoms with Crippen molar-refractivity contribution in [1.82, 2.24) is 34.2 Å². The van der Waals surface area contributed by atoms with Crippen molar-refractivity contribution in [3.63, 3.8) is 0 Å². The van der Waals surface area contributed by atoms with E-state index >= 15 is 0 Å². The van der Waals surface area contributed by atoms with Gasteiger partial charge in [-0.3, -0.25) is 9.78 Å². The average Bonchev–Trinajstić information content (AvgIpc) is 3.71. The van der Waals surface area contributed by atoms with Crippen LogP contribution in [0.3, 0.4) is 0 Å². The maximum Gasteiger partial charge on any atom is 0.256 e. The van der Waals surface area contributed by atoms with Crippen LogP contribution in [0.1, 0.15) is 23.2 Å². The zero-order valence-corrected chi connectivity index (χ0v) is 20.7. The van der Waals surface area contributed by atoms with E-state index in [4.69, 9.17) is 15.2 Å². The van der Waals surface area contributed by atoms with Crippen LogP contribution >= 0.6 is 0 Å². The van der Waals surface area contributed by atoms with E-state index in [-0.39, 0.29) is 11.7 Å². The number of hydrogen-bond acceptors (Lipinski definition) is 7. The van der Waals surface area contributed by atoms with Crippen LogP contribution < -0.4 is 10.2 Å². The first-order valence-electron chi connectivity index (χ1n) is 12.6. The number of hydrogen-bond donors (Lipinski definition) is 1. The smallest absolute Gasteiger partial charge is 0.256 e. The van der Waals surface area contributed by atoms with Crippen molar-refractivity contribution >= 4 is 28.8 Å². The van der Waals surface area contributed by atoms with Crippen molar-refractivity contribution in [3.05, 3.63) is 90.6 Å². The molecule has 1 saturated heterocycles. The van der Waals surface area contributed by atoms with E-state index in [0.29, 0.717) is 39.8 Å². The number of carbonyl (C=O) groups excluding carboxylic acids is 1. The molecule has 1 aliphatic heterocycles. The first kappa shape index (κ1) is 23.0. The molecule has 1 amide bonds. The van der Waals surface area contributed by atoms with Crippen molar-refractivity contribution in [2.24, 2.45) is 0 Å². The first-order valence-corrected chi connectivity index (χ1v) is 12.6. The molecule has 39 heavy (non-hydrogen) atoms. The Hall–Kier alpha value is -5.19. The van der Waals surface area contributed by atoms with E-state index < -0.39 is 0 Å². The molecule has 0 atom stereocenters. The Morgan fingerprint density at radius 2 is 1.62 bits per heavy atom. The van der Waals surface area contributed by atoms with E-state index in [1.165, 1.54) is 12.1 Å². The van der Waals surface area contributed by atoms with Gasteiger partial charge in [0.2, 0.25) is 0 Å². The van der Waals surface area contributed by atoms with Gasteiger partial charge in [0.1, 0.15) is 28.7 Å². The van der Waals surface area contributed by atoms with Crippen molar-refractivity contribution in [3.8, 4) is 22.6 Å². The van der Waals surface area contributed by atoms with Crippen molar-refractivity contribution in [2.45, 2.75) is 12.8 Å². The molecule has 0 bridgehead atoms. The Kier molecular flexibility index (Phi) is 5.47. The van der Waals surface area contributed by atoms with Gasteiger partial charge in [-0.25, -0.2) is 23.4 Å². The molecule has 7 rings (SSSR count). The molecule has 1 fully saturated rings. The summed E-state index contributed by atoms with van der Waals surface area (Å²) in [6, 6.07) is 17.1. The highest BCUT2D eigenvalue weighted by atomic mass is 19.1. The van der Waals surface area contributed by atoms with Crippen LogP contribution in [0.5, 0.6) is 0 Å². The maximum absolute atomic E-state index is 13.7. The molecule has 0 unspecified atom stereocenters. The molecule has 1 N–H and O–H groups in total. The molecule has 0 saturated carbocycles. The van der Waals surface area contributed by atoms with Gasteiger partial charge in [0, 0.05) is 36.6 Å². The van der Waals surface area contributed by atoms with Crippen LogP contribution in [0.25, 0.3) is 33.9 Å². The summed E-state index contributed by atoms with van der Waals surface area (Å²) in [5.74, 6) is 0.625. The fraction of sp³-hybridized carbons (Fsp3) is 0.143. The molecule has 6 aromatic rings. The standard InChI is InChI=1S/C28H22FN9O/c29-20-5-3-18(4-6-20)26-27(38-24(33-26)9-10-25(35-38)36-15-1-2-16-36)21-7-8-23-31-22(17-37(23)34-21)32-28(39)19-11-13-30-14-12-19/h3-14,17H,1-2,15-16H2,(H,32,39). The van der Waals surface area contributed by atoms with E-state index in [1.54, 1.807) is 51.9 Å². The molecule has 0 aliphatic carbocycles. The van der Waals surface area contributed by atoms with Gasteiger partial charge in [0.05, 0.1) is 6.20 Å². The Balaban J connectivity index is 1.33. The first-order chi connectivity index (χ1) is 19.1. The number of pyridine rings is 1. The molecule has 11 heteroatoms. The summed E-state index contributed by atoms with van der Waals surface area (Å²) in [5, 5.41) is 12.5. The molecular weight excluding hydrogens is 497 g/mol. The van der Waals surface area contributed by atoms with Crippen LogP contribution in [0, 0.1) is 5.82 Å². The zero-order chi connectivity index (χ0) is 26.3. The van der Waals surface area contributed by atoms with E-state index in [0.717, 1.165) is 37.3 Å². The molecule has 1 aliphatic rings.